The number of imidazole rings is 1. The van der Waals surface area contributed by atoms with E-state index in [-0.39, 0.29) is 0 Å². The third-order valence-electron chi connectivity index (χ3n) is 4.35. The second-order valence-corrected chi connectivity index (χ2v) is 6.53. The van der Waals surface area contributed by atoms with Crippen molar-refractivity contribution >= 4 is 28.1 Å². The number of fused-ring (bicyclic) bond motifs is 1. The third-order valence-corrected chi connectivity index (χ3v) is 5.08. The first kappa shape index (κ1) is 14.5. The van der Waals surface area contributed by atoms with E-state index in [0.29, 0.717) is 0 Å². The minimum Gasteiger partial charge on any atom is -0.495 e. The number of thiophene rings is 1. The van der Waals surface area contributed by atoms with Crippen molar-refractivity contribution in [2.75, 3.05) is 38.2 Å². The predicted octanol–water partition coefficient (Wildman–Crippen LogP) is 2.96. The van der Waals surface area contributed by atoms with Crippen molar-refractivity contribution in [2.45, 2.75) is 6.54 Å². The van der Waals surface area contributed by atoms with Gasteiger partial charge < -0.3 is 14.6 Å². The zero-order valence-electron chi connectivity index (χ0n) is 13.2. The first-order valence-corrected chi connectivity index (χ1v) is 8.79. The molecule has 3 aromatic rings. The molecule has 0 unspecified atom stereocenters. The Kier molecular flexibility index (Phi) is 3.93. The zero-order chi connectivity index (χ0) is 15.6. The third kappa shape index (κ3) is 2.92. The van der Waals surface area contributed by atoms with Crippen LogP contribution in [0, 0.1) is 0 Å². The molecule has 3 heterocycles. The number of nitrogens with zero attached hydrogens (tertiary/aromatic N) is 3. The molecule has 6 heteroatoms. The zero-order valence-corrected chi connectivity index (χ0v) is 14.0. The van der Waals surface area contributed by atoms with E-state index in [2.05, 4.69) is 42.7 Å². The van der Waals surface area contributed by atoms with Crippen LogP contribution in [0.15, 0.2) is 35.0 Å². The minimum absolute atomic E-state index is 0.888. The number of ether oxygens (including phenoxy) is 1. The standard InChI is InChI=1S/C17H20N4OS/c1-22-16-5-3-2-4-15(16)21-8-6-20(7-9-21)10-17-18-13-11-23-12-14(13)19-17/h2-5,11-12H,6-10H2,1H3,(H,18,19). The highest BCUT2D eigenvalue weighted by Crippen LogP contribution is 2.28. The molecule has 2 aromatic heterocycles. The lowest BCUT2D eigenvalue weighted by Gasteiger charge is -2.36. The van der Waals surface area contributed by atoms with E-state index in [4.69, 9.17) is 4.74 Å². The van der Waals surface area contributed by atoms with Crippen LogP contribution < -0.4 is 9.64 Å². The maximum Gasteiger partial charge on any atom is 0.142 e. The summed E-state index contributed by atoms with van der Waals surface area (Å²) in [4.78, 5) is 12.9. The predicted molar refractivity (Wildman–Crippen MR) is 94.5 cm³/mol. The first-order valence-electron chi connectivity index (χ1n) is 7.84. The molecule has 0 saturated carbocycles. The molecule has 1 aromatic carbocycles. The highest BCUT2D eigenvalue weighted by atomic mass is 32.1. The van der Waals surface area contributed by atoms with Gasteiger partial charge in [0.15, 0.2) is 0 Å². The van der Waals surface area contributed by atoms with Crippen molar-refractivity contribution in [2.24, 2.45) is 0 Å². The number of nitrogens with one attached hydrogen (secondary N) is 1. The summed E-state index contributed by atoms with van der Waals surface area (Å²) in [5.74, 6) is 2.01. The molecule has 4 rings (SSSR count). The van der Waals surface area contributed by atoms with E-state index in [9.17, 15) is 0 Å². The van der Waals surface area contributed by atoms with Gasteiger partial charge in [0.2, 0.25) is 0 Å². The SMILES string of the molecule is COc1ccccc1N1CCN(Cc2nc3cscc3[nH]2)CC1. The first-order chi connectivity index (χ1) is 11.3. The lowest BCUT2D eigenvalue weighted by atomic mass is 10.2. The Hall–Kier alpha value is -2.05. The van der Waals surface area contributed by atoms with Crippen LogP contribution in [0.1, 0.15) is 5.82 Å². The summed E-state index contributed by atoms with van der Waals surface area (Å²) in [5, 5.41) is 4.21. The van der Waals surface area contributed by atoms with Gasteiger partial charge in [0.05, 0.1) is 30.4 Å². The molecule has 120 valence electrons. The van der Waals surface area contributed by atoms with Crippen LogP contribution in [0.3, 0.4) is 0 Å². The van der Waals surface area contributed by atoms with Gasteiger partial charge in [-0.15, -0.1) is 11.3 Å². The average molecular weight is 328 g/mol. The van der Waals surface area contributed by atoms with Crippen molar-refractivity contribution in [3.05, 3.63) is 40.8 Å². The van der Waals surface area contributed by atoms with Gasteiger partial charge in [-0.3, -0.25) is 4.90 Å². The number of H-pyrrole nitrogens is 1. The van der Waals surface area contributed by atoms with Gasteiger partial charge >= 0.3 is 0 Å². The number of rotatable bonds is 4. The van der Waals surface area contributed by atoms with E-state index >= 15 is 0 Å². The number of aromatic nitrogens is 2. The Balaban J connectivity index is 1.39. The molecule has 0 atom stereocenters. The molecule has 1 saturated heterocycles. The van der Waals surface area contributed by atoms with Gasteiger partial charge in [-0.25, -0.2) is 4.98 Å². The number of para-hydroxylation sites is 2. The quantitative estimate of drug-likeness (QED) is 0.800. The minimum atomic E-state index is 0.888. The monoisotopic (exact) mass is 328 g/mol. The average Bonchev–Trinajstić information content (AvgIpc) is 3.17. The molecule has 5 nitrogen and oxygen atoms in total. The van der Waals surface area contributed by atoms with Crippen LogP contribution in [-0.2, 0) is 6.54 Å². The molecule has 0 amide bonds. The Bertz CT molecular complexity index is 760. The molecular weight excluding hydrogens is 308 g/mol. The summed E-state index contributed by atoms with van der Waals surface area (Å²) in [6.07, 6.45) is 0. The summed E-state index contributed by atoms with van der Waals surface area (Å²) in [7, 11) is 1.73. The number of methoxy groups -OCH3 is 1. The van der Waals surface area contributed by atoms with Crippen LogP contribution in [0.5, 0.6) is 5.75 Å². The topological polar surface area (TPSA) is 44.4 Å². The largest absolute Gasteiger partial charge is 0.495 e. The molecule has 1 fully saturated rings. The molecule has 0 radical (unpaired) electrons. The lowest BCUT2D eigenvalue weighted by molar-refractivity contribution is 0.244. The number of hydrogen-bond acceptors (Lipinski definition) is 5. The fraction of sp³-hybridized carbons (Fsp3) is 0.353. The van der Waals surface area contributed by atoms with Crippen molar-refractivity contribution in [1.29, 1.82) is 0 Å². The number of anilines is 1. The molecule has 1 aliphatic heterocycles. The lowest BCUT2D eigenvalue weighted by Crippen LogP contribution is -2.46. The highest BCUT2D eigenvalue weighted by molar-refractivity contribution is 7.09. The number of benzene rings is 1. The summed E-state index contributed by atoms with van der Waals surface area (Å²) < 4.78 is 5.48. The van der Waals surface area contributed by atoms with Crippen LogP contribution in [-0.4, -0.2) is 48.2 Å². The van der Waals surface area contributed by atoms with E-state index in [1.807, 2.05) is 12.1 Å². The highest BCUT2D eigenvalue weighted by Gasteiger charge is 2.20. The van der Waals surface area contributed by atoms with Gasteiger partial charge in [-0.2, -0.15) is 0 Å². The normalized spacial score (nSPS) is 16.1. The van der Waals surface area contributed by atoms with E-state index < -0.39 is 0 Å². The van der Waals surface area contributed by atoms with Gasteiger partial charge in [-0.05, 0) is 12.1 Å². The van der Waals surface area contributed by atoms with Crippen molar-refractivity contribution in [3.63, 3.8) is 0 Å². The molecular formula is C17H20N4OS. The molecule has 23 heavy (non-hydrogen) atoms. The Morgan fingerprint density at radius 3 is 2.78 bits per heavy atom. The number of aromatic amines is 1. The van der Waals surface area contributed by atoms with E-state index in [1.165, 1.54) is 5.69 Å². The second-order valence-electron chi connectivity index (χ2n) is 5.79. The fourth-order valence-electron chi connectivity index (χ4n) is 3.12. The van der Waals surface area contributed by atoms with E-state index in [1.54, 1.807) is 18.4 Å². The summed E-state index contributed by atoms with van der Waals surface area (Å²) in [6, 6.07) is 8.24. The van der Waals surface area contributed by atoms with Crippen molar-refractivity contribution in [3.8, 4) is 5.75 Å². The number of piperazine rings is 1. The summed E-state index contributed by atoms with van der Waals surface area (Å²) >= 11 is 1.69. The Morgan fingerprint density at radius 1 is 1.17 bits per heavy atom. The van der Waals surface area contributed by atoms with Crippen LogP contribution >= 0.6 is 11.3 Å². The van der Waals surface area contributed by atoms with Gasteiger partial charge in [0.25, 0.3) is 0 Å². The molecule has 0 spiro atoms. The van der Waals surface area contributed by atoms with Crippen molar-refractivity contribution in [1.82, 2.24) is 14.9 Å². The Morgan fingerprint density at radius 2 is 2.00 bits per heavy atom. The maximum absolute atomic E-state index is 5.48. The van der Waals surface area contributed by atoms with Crippen LogP contribution in [0.4, 0.5) is 5.69 Å². The smallest absolute Gasteiger partial charge is 0.142 e. The maximum atomic E-state index is 5.48. The summed E-state index contributed by atoms with van der Waals surface area (Å²) in [6.45, 7) is 4.97. The fourth-order valence-corrected chi connectivity index (χ4v) is 3.82. The molecule has 0 bridgehead atoms. The molecule has 1 N–H and O–H groups in total. The van der Waals surface area contributed by atoms with E-state index in [0.717, 1.165) is 55.3 Å². The van der Waals surface area contributed by atoms with Gasteiger partial charge in [0.1, 0.15) is 11.6 Å². The van der Waals surface area contributed by atoms with Gasteiger partial charge in [0, 0.05) is 36.9 Å². The molecule has 0 aliphatic carbocycles. The van der Waals surface area contributed by atoms with Crippen molar-refractivity contribution < 1.29 is 4.74 Å². The van der Waals surface area contributed by atoms with Gasteiger partial charge in [-0.1, -0.05) is 12.1 Å². The molecule has 1 aliphatic rings. The van der Waals surface area contributed by atoms with Crippen LogP contribution in [0.25, 0.3) is 11.0 Å². The van der Waals surface area contributed by atoms with Crippen LogP contribution in [0.2, 0.25) is 0 Å². The Labute approximate surface area is 139 Å². The summed E-state index contributed by atoms with van der Waals surface area (Å²) in [5.41, 5.74) is 3.42. The second kappa shape index (κ2) is 6.22. The number of hydrogen-bond donors (Lipinski definition) is 1.